The molecule has 0 unspecified atom stereocenters. The lowest BCUT2D eigenvalue weighted by atomic mass is 9.95. The van der Waals surface area contributed by atoms with Crippen molar-refractivity contribution in [2.75, 3.05) is 33.8 Å². The Morgan fingerprint density at radius 3 is 2.45 bits per heavy atom. The Bertz CT molecular complexity index is 927. The maximum atomic E-state index is 13.1. The van der Waals surface area contributed by atoms with Gasteiger partial charge in [-0.25, -0.2) is 0 Å². The smallest absolute Gasteiger partial charge is 0.290 e. The molecule has 0 saturated carbocycles. The van der Waals surface area contributed by atoms with Crippen molar-refractivity contribution < 1.29 is 28.7 Å². The van der Waals surface area contributed by atoms with Crippen molar-refractivity contribution in [3.05, 3.63) is 64.8 Å². The Morgan fingerprint density at radius 2 is 1.90 bits per heavy atom. The van der Waals surface area contributed by atoms with E-state index >= 15 is 0 Å². The van der Waals surface area contributed by atoms with Crippen molar-refractivity contribution in [1.29, 1.82) is 0 Å². The number of ketones is 1. The van der Waals surface area contributed by atoms with E-state index in [0.717, 1.165) is 10.5 Å². The van der Waals surface area contributed by atoms with Gasteiger partial charge in [0.1, 0.15) is 11.5 Å². The largest absolute Gasteiger partial charge is 0.503 e. The summed E-state index contributed by atoms with van der Waals surface area (Å²) < 4.78 is 11.0. The maximum absolute atomic E-state index is 13.1. The van der Waals surface area contributed by atoms with E-state index in [0.29, 0.717) is 31.2 Å². The lowest BCUT2D eigenvalue weighted by Crippen LogP contribution is -3.06. The highest BCUT2D eigenvalue weighted by Gasteiger charge is 2.44. The average molecular weight is 399 g/mol. The summed E-state index contributed by atoms with van der Waals surface area (Å²) in [5.74, 6) is -0.153. The van der Waals surface area contributed by atoms with Crippen LogP contribution < -0.4 is 9.64 Å². The van der Waals surface area contributed by atoms with Gasteiger partial charge in [0.25, 0.3) is 5.91 Å². The van der Waals surface area contributed by atoms with E-state index in [9.17, 15) is 14.7 Å². The van der Waals surface area contributed by atoms with Crippen LogP contribution in [0.15, 0.2) is 52.1 Å². The molecule has 1 aromatic carbocycles. The third-order valence-corrected chi connectivity index (χ3v) is 4.87. The molecule has 154 valence electrons. The number of hydrogen-bond donors (Lipinski definition) is 2. The van der Waals surface area contributed by atoms with E-state index in [2.05, 4.69) is 0 Å². The van der Waals surface area contributed by atoms with Crippen LogP contribution in [0.5, 0.6) is 5.75 Å². The quantitative estimate of drug-likeness (QED) is 0.660. The summed E-state index contributed by atoms with van der Waals surface area (Å²) in [4.78, 5) is 28.7. The van der Waals surface area contributed by atoms with Gasteiger partial charge >= 0.3 is 0 Å². The molecule has 1 aliphatic rings. The number of likely N-dealkylation sites (N-methyl/N-ethyl adjacent to an activating group) is 1. The first-order valence-corrected chi connectivity index (χ1v) is 9.70. The van der Waals surface area contributed by atoms with Crippen LogP contribution in [0.1, 0.15) is 34.8 Å². The van der Waals surface area contributed by atoms with Gasteiger partial charge in [-0.1, -0.05) is 12.1 Å². The van der Waals surface area contributed by atoms with Crippen molar-refractivity contribution >= 4 is 11.7 Å². The second kappa shape index (κ2) is 8.53. The summed E-state index contributed by atoms with van der Waals surface area (Å²) in [6.45, 7) is 5.25. The van der Waals surface area contributed by atoms with E-state index in [4.69, 9.17) is 9.15 Å². The second-order valence-electron chi connectivity index (χ2n) is 7.36. The molecule has 1 atom stereocenters. The first-order chi connectivity index (χ1) is 13.8. The van der Waals surface area contributed by atoms with Gasteiger partial charge in [-0.15, -0.1) is 0 Å². The number of benzene rings is 1. The summed E-state index contributed by atoms with van der Waals surface area (Å²) in [7, 11) is 3.97. The average Bonchev–Trinajstić information content (AvgIpc) is 3.23. The predicted octanol–water partition coefficient (Wildman–Crippen LogP) is 1.71. The molecule has 0 fully saturated rings. The number of hydrogen-bond acceptors (Lipinski definition) is 5. The van der Waals surface area contributed by atoms with E-state index in [-0.39, 0.29) is 11.3 Å². The number of carbonyl (C=O) groups excluding carboxylic acids is 2. The molecule has 0 saturated heterocycles. The number of aliphatic hydroxyl groups excluding tert-OH is 1. The molecule has 1 amide bonds. The van der Waals surface area contributed by atoms with Crippen LogP contribution in [-0.2, 0) is 4.79 Å². The highest BCUT2D eigenvalue weighted by Crippen LogP contribution is 2.39. The molecule has 3 rings (SSSR count). The molecule has 7 heteroatoms. The van der Waals surface area contributed by atoms with Crippen LogP contribution >= 0.6 is 0 Å². The SMILES string of the molecule is CCOc1ccc([C@H]2C(C(=O)c3ccc(C)o3)=C(O)C(=O)N2CC[NH+](C)C)cc1. The highest BCUT2D eigenvalue weighted by atomic mass is 16.5. The second-order valence-corrected chi connectivity index (χ2v) is 7.36. The lowest BCUT2D eigenvalue weighted by Gasteiger charge is -2.27. The van der Waals surface area contributed by atoms with Crippen LogP contribution in [-0.4, -0.2) is 55.5 Å². The van der Waals surface area contributed by atoms with Gasteiger partial charge in [-0.2, -0.15) is 0 Å². The minimum absolute atomic E-state index is 0.0438. The summed E-state index contributed by atoms with van der Waals surface area (Å²) in [6, 6.07) is 9.79. The Morgan fingerprint density at radius 1 is 1.21 bits per heavy atom. The maximum Gasteiger partial charge on any atom is 0.290 e. The van der Waals surface area contributed by atoms with Gasteiger partial charge in [-0.3, -0.25) is 9.59 Å². The molecule has 2 heterocycles. The Balaban J connectivity index is 2.02. The Kier molecular flexibility index (Phi) is 6.08. The van der Waals surface area contributed by atoms with E-state index in [1.54, 1.807) is 36.1 Å². The zero-order chi connectivity index (χ0) is 21.1. The summed E-state index contributed by atoms with van der Waals surface area (Å²) in [5, 5.41) is 10.6. The number of aryl methyl sites for hydroxylation is 1. The lowest BCUT2D eigenvalue weighted by molar-refractivity contribution is -0.857. The van der Waals surface area contributed by atoms with Crippen LogP contribution in [0.4, 0.5) is 0 Å². The molecular weight excluding hydrogens is 372 g/mol. The van der Waals surface area contributed by atoms with Crippen LogP contribution in [0, 0.1) is 6.92 Å². The number of furan rings is 1. The van der Waals surface area contributed by atoms with Gasteiger partial charge in [-0.05, 0) is 43.7 Å². The number of ether oxygens (including phenoxy) is 1. The topological polar surface area (TPSA) is 84.4 Å². The minimum Gasteiger partial charge on any atom is -0.503 e. The third kappa shape index (κ3) is 4.19. The van der Waals surface area contributed by atoms with Gasteiger partial charge < -0.3 is 24.1 Å². The normalized spacial score (nSPS) is 16.8. The van der Waals surface area contributed by atoms with Crippen LogP contribution in [0.2, 0.25) is 0 Å². The van der Waals surface area contributed by atoms with Gasteiger partial charge in [0, 0.05) is 0 Å². The first-order valence-electron chi connectivity index (χ1n) is 9.70. The predicted molar refractivity (Wildman–Crippen MR) is 107 cm³/mol. The molecule has 1 aromatic heterocycles. The summed E-state index contributed by atoms with van der Waals surface area (Å²) in [5.41, 5.74) is 0.772. The Labute approximate surface area is 170 Å². The number of nitrogens with one attached hydrogen (secondary N) is 1. The number of aliphatic hydroxyl groups is 1. The number of rotatable bonds is 8. The zero-order valence-electron chi connectivity index (χ0n) is 17.2. The molecule has 0 aliphatic carbocycles. The number of amides is 1. The van der Waals surface area contributed by atoms with Crippen molar-refractivity contribution in [2.45, 2.75) is 19.9 Å². The Hall–Kier alpha value is -3.06. The molecule has 0 bridgehead atoms. The fourth-order valence-electron chi connectivity index (χ4n) is 3.41. The van der Waals surface area contributed by atoms with Crippen LogP contribution in [0.25, 0.3) is 0 Å². The van der Waals surface area contributed by atoms with E-state index in [1.165, 1.54) is 0 Å². The fourth-order valence-corrected chi connectivity index (χ4v) is 3.41. The van der Waals surface area contributed by atoms with E-state index in [1.807, 2.05) is 33.2 Å². The van der Waals surface area contributed by atoms with Crippen molar-refractivity contribution in [3.63, 3.8) is 0 Å². The number of nitrogens with zero attached hydrogens (tertiary/aromatic N) is 1. The van der Waals surface area contributed by atoms with Gasteiger partial charge in [0.05, 0.1) is 45.4 Å². The molecular formula is C22H27N2O5+. The molecule has 0 radical (unpaired) electrons. The molecule has 2 N–H and O–H groups in total. The van der Waals surface area contributed by atoms with Crippen molar-refractivity contribution in [3.8, 4) is 5.75 Å². The standard InChI is InChI=1S/C22H26N2O5/c1-5-28-16-9-7-15(8-10-16)19-18(20(25)17-11-6-14(2)29-17)21(26)22(27)24(19)13-12-23(3)4/h6-11,19,26H,5,12-13H2,1-4H3/p+1/t19-/m0/s1. The third-order valence-electron chi connectivity index (χ3n) is 4.87. The molecule has 2 aromatic rings. The monoisotopic (exact) mass is 399 g/mol. The van der Waals surface area contributed by atoms with E-state index < -0.39 is 23.5 Å². The molecule has 29 heavy (non-hydrogen) atoms. The van der Waals surface area contributed by atoms with Crippen LogP contribution in [0.3, 0.4) is 0 Å². The molecule has 0 spiro atoms. The molecule has 1 aliphatic heterocycles. The zero-order valence-corrected chi connectivity index (χ0v) is 17.2. The van der Waals surface area contributed by atoms with Gasteiger partial charge in [0.15, 0.2) is 11.5 Å². The van der Waals surface area contributed by atoms with Gasteiger partial charge in [0.2, 0.25) is 5.78 Å². The first kappa shape index (κ1) is 20.7. The number of Topliss-reactive ketones (excluding diaryl/α,β-unsaturated/α-hetero) is 1. The van der Waals surface area contributed by atoms with Crippen molar-refractivity contribution in [1.82, 2.24) is 4.90 Å². The fraction of sp³-hybridized carbons (Fsp3) is 0.364. The minimum atomic E-state index is -0.685. The number of quaternary nitrogens is 1. The molecule has 7 nitrogen and oxygen atoms in total. The van der Waals surface area contributed by atoms with Crippen molar-refractivity contribution in [2.24, 2.45) is 0 Å². The summed E-state index contributed by atoms with van der Waals surface area (Å²) >= 11 is 0. The number of carbonyl (C=O) groups is 2. The summed E-state index contributed by atoms with van der Waals surface area (Å²) in [6.07, 6.45) is 0. The highest BCUT2D eigenvalue weighted by molar-refractivity contribution is 6.15.